The normalized spacial score (nSPS) is 10.2. The molecule has 88 valence electrons. The first-order valence-corrected chi connectivity index (χ1v) is 6.14. The average Bonchev–Trinajstić information content (AvgIpc) is 2.74. The van der Waals surface area contributed by atoms with Crippen LogP contribution in [0.5, 0.6) is 0 Å². The Hall–Kier alpha value is -1.46. The second kappa shape index (κ2) is 5.25. The minimum absolute atomic E-state index is 0.169. The van der Waals surface area contributed by atoms with Gasteiger partial charge < -0.3 is 5.32 Å². The molecule has 0 fully saturated rings. The van der Waals surface area contributed by atoms with Gasteiger partial charge in [0.1, 0.15) is 4.88 Å². The number of nitrogens with zero attached hydrogens (tertiary/aromatic N) is 2. The number of halogens is 1. The number of aromatic nitrogens is 2. The molecule has 0 saturated carbocycles. The van der Waals surface area contributed by atoms with Gasteiger partial charge in [0.15, 0.2) is 0 Å². The molecule has 1 amide bonds. The molecule has 0 aliphatic rings. The van der Waals surface area contributed by atoms with Crippen LogP contribution in [0.25, 0.3) is 0 Å². The second-order valence-electron chi connectivity index (χ2n) is 3.46. The Kier molecular flexibility index (Phi) is 3.71. The summed E-state index contributed by atoms with van der Waals surface area (Å²) in [7, 11) is 0. The summed E-state index contributed by atoms with van der Waals surface area (Å²) in [5, 5.41) is 7.23. The maximum absolute atomic E-state index is 11.8. The van der Waals surface area contributed by atoms with Crippen molar-refractivity contribution in [3.63, 3.8) is 0 Å². The van der Waals surface area contributed by atoms with E-state index in [1.807, 2.05) is 18.2 Å². The van der Waals surface area contributed by atoms with Crippen LogP contribution in [0.3, 0.4) is 0 Å². The molecular weight excluding hydrogens is 258 g/mol. The fourth-order valence-electron chi connectivity index (χ4n) is 1.34. The van der Waals surface area contributed by atoms with E-state index in [1.54, 1.807) is 13.0 Å². The van der Waals surface area contributed by atoms with Crippen LogP contribution >= 0.6 is 23.1 Å². The Labute approximate surface area is 108 Å². The quantitative estimate of drug-likeness (QED) is 0.929. The summed E-state index contributed by atoms with van der Waals surface area (Å²) in [6.07, 6.45) is 0. The van der Waals surface area contributed by atoms with Crippen LogP contribution < -0.4 is 5.32 Å². The van der Waals surface area contributed by atoms with Gasteiger partial charge >= 0.3 is 0 Å². The zero-order chi connectivity index (χ0) is 12.3. The third-order valence-corrected chi connectivity index (χ3v) is 3.45. The fourth-order valence-corrected chi connectivity index (χ4v) is 2.11. The number of rotatable bonds is 3. The van der Waals surface area contributed by atoms with E-state index in [-0.39, 0.29) is 5.91 Å². The highest BCUT2D eigenvalue weighted by Gasteiger charge is 2.12. The highest BCUT2D eigenvalue weighted by atomic mass is 35.5. The van der Waals surface area contributed by atoms with Crippen molar-refractivity contribution in [2.24, 2.45) is 0 Å². The van der Waals surface area contributed by atoms with E-state index in [0.717, 1.165) is 17.1 Å². The lowest BCUT2D eigenvalue weighted by atomic mass is 10.2. The van der Waals surface area contributed by atoms with Crippen molar-refractivity contribution >= 4 is 29.0 Å². The smallest absolute Gasteiger partial charge is 0.265 e. The van der Waals surface area contributed by atoms with Crippen molar-refractivity contribution in [3.8, 4) is 0 Å². The zero-order valence-corrected chi connectivity index (χ0v) is 10.7. The summed E-state index contributed by atoms with van der Waals surface area (Å²) < 4.78 is 3.72. The van der Waals surface area contributed by atoms with Crippen molar-refractivity contribution in [2.75, 3.05) is 0 Å². The second-order valence-corrected chi connectivity index (χ2v) is 4.62. The predicted molar refractivity (Wildman–Crippen MR) is 67.3 cm³/mol. The van der Waals surface area contributed by atoms with Crippen LogP contribution in [0.2, 0.25) is 5.02 Å². The lowest BCUT2D eigenvalue weighted by molar-refractivity contribution is 0.0954. The molecule has 0 aliphatic heterocycles. The Morgan fingerprint density at radius 2 is 2.24 bits per heavy atom. The third-order valence-electron chi connectivity index (χ3n) is 2.26. The summed E-state index contributed by atoms with van der Waals surface area (Å²) in [6, 6.07) is 7.40. The van der Waals surface area contributed by atoms with Crippen LogP contribution in [-0.2, 0) is 6.54 Å². The van der Waals surface area contributed by atoms with Gasteiger partial charge in [-0.3, -0.25) is 4.79 Å². The van der Waals surface area contributed by atoms with E-state index in [9.17, 15) is 4.79 Å². The van der Waals surface area contributed by atoms with Crippen molar-refractivity contribution in [3.05, 3.63) is 45.4 Å². The topological polar surface area (TPSA) is 54.9 Å². The lowest BCUT2D eigenvalue weighted by Crippen LogP contribution is -2.22. The molecule has 0 atom stereocenters. The highest BCUT2D eigenvalue weighted by Crippen LogP contribution is 2.15. The third kappa shape index (κ3) is 2.81. The number of hydrogen-bond donors (Lipinski definition) is 1. The number of benzene rings is 1. The highest BCUT2D eigenvalue weighted by molar-refractivity contribution is 7.07. The number of nitrogens with one attached hydrogen (secondary N) is 1. The van der Waals surface area contributed by atoms with Crippen molar-refractivity contribution in [1.29, 1.82) is 0 Å². The minimum Gasteiger partial charge on any atom is -0.347 e. The molecule has 0 radical (unpaired) electrons. The van der Waals surface area contributed by atoms with E-state index < -0.39 is 0 Å². The van der Waals surface area contributed by atoms with E-state index in [1.165, 1.54) is 0 Å². The molecular formula is C11H10ClN3OS. The molecule has 0 saturated heterocycles. The number of hydrogen-bond acceptors (Lipinski definition) is 4. The molecule has 0 aliphatic carbocycles. The number of amides is 1. The van der Waals surface area contributed by atoms with Crippen molar-refractivity contribution in [1.82, 2.24) is 14.9 Å². The monoisotopic (exact) mass is 267 g/mol. The molecule has 1 heterocycles. The molecule has 1 N–H and O–H groups in total. The first-order chi connectivity index (χ1) is 8.18. The molecule has 1 aromatic carbocycles. The van der Waals surface area contributed by atoms with Crippen LogP contribution in [-0.4, -0.2) is 15.5 Å². The Morgan fingerprint density at radius 1 is 1.47 bits per heavy atom. The average molecular weight is 268 g/mol. The summed E-state index contributed by atoms with van der Waals surface area (Å²) in [4.78, 5) is 12.3. The molecule has 1 aromatic heterocycles. The molecule has 6 heteroatoms. The largest absolute Gasteiger partial charge is 0.347 e. The van der Waals surface area contributed by atoms with Gasteiger partial charge in [-0.2, -0.15) is 0 Å². The van der Waals surface area contributed by atoms with Crippen molar-refractivity contribution < 1.29 is 4.79 Å². The molecule has 4 nitrogen and oxygen atoms in total. The lowest BCUT2D eigenvalue weighted by Gasteiger charge is -2.05. The maximum atomic E-state index is 11.8. The van der Waals surface area contributed by atoms with E-state index in [4.69, 9.17) is 11.6 Å². The molecule has 0 bridgehead atoms. The van der Waals surface area contributed by atoms with Gasteiger partial charge in [-0.1, -0.05) is 34.3 Å². The fraction of sp³-hybridized carbons (Fsp3) is 0.182. The van der Waals surface area contributed by atoms with Gasteiger partial charge in [0, 0.05) is 11.6 Å². The van der Waals surface area contributed by atoms with Crippen LogP contribution in [0.4, 0.5) is 0 Å². The zero-order valence-electron chi connectivity index (χ0n) is 9.11. The molecule has 2 aromatic rings. The predicted octanol–water partition coefficient (Wildman–Crippen LogP) is 2.43. The van der Waals surface area contributed by atoms with Gasteiger partial charge in [0.05, 0.1) is 5.69 Å². The van der Waals surface area contributed by atoms with Gasteiger partial charge in [-0.15, -0.1) is 5.10 Å². The van der Waals surface area contributed by atoms with E-state index in [2.05, 4.69) is 14.9 Å². The first-order valence-electron chi connectivity index (χ1n) is 4.99. The SMILES string of the molecule is Cc1nnsc1C(=O)NCc1ccccc1Cl. The Morgan fingerprint density at radius 3 is 2.88 bits per heavy atom. The molecule has 2 rings (SSSR count). The number of carbonyl (C=O) groups is 1. The van der Waals surface area contributed by atoms with Gasteiger partial charge in [-0.25, -0.2) is 0 Å². The first kappa shape index (κ1) is 12.0. The van der Waals surface area contributed by atoms with Crippen LogP contribution in [0.15, 0.2) is 24.3 Å². The van der Waals surface area contributed by atoms with E-state index in [0.29, 0.717) is 22.1 Å². The molecule has 0 spiro atoms. The van der Waals surface area contributed by atoms with Gasteiger partial charge in [0.25, 0.3) is 5.91 Å². The van der Waals surface area contributed by atoms with Crippen LogP contribution in [0, 0.1) is 6.92 Å². The summed E-state index contributed by atoms with van der Waals surface area (Å²) >= 11 is 7.08. The molecule has 17 heavy (non-hydrogen) atoms. The summed E-state index contributed by atoms with van der Waals surface area (Å²) in [5.41, 5.74) is 1.53. The number of aryl methyl sites for hydroxylation is 1. The standard InChI is InChI=1S/C11H10ClN3OS/c1-7-10(17-15-14-7)11(16)13-6-8-4-2-3-5-9(8)12/h2-5H,6H2,1H3,(H,13,16). The van der Waals surface area contributed by atoms with Gasteiger partial charge in [0.2, 0.25) is 0 Å². The van der Waals surface area contributed by atoms with Gasteiger partial charge in [-0.05, 0) is 30.1 Å². The molecule has 0 unspecified atom stereocenters. The Bertz CT molecular complexity index is 541. The summed E-state index contributed by atoms with van der Waals surface area (Å²) in [6.45, 7) is 2.16. The Balaban J connectivity index is 2.02. The summed E-state index contributed by atoms with van der Waals surface area (Å²) in [5.74, 6) is -0.169. The maximum Gasteiger partial charge on any atom is 0.265 e. The van der Waals surface area contributed by atoms with Crippen LogP contribution in [0.1, 0.15) is 20.9 Å². The van der Waals surface area contributed by atoms with E-state index >= 15 is 0 Å². The van der Waals surface area contributed by atoms with Crippen molar-refractivity contribution in [2.45, 2.75) is 13.5 Å². The minimum atomic E-state index is -0.169. The number of carbonyl (C=O) groups excluding carboxylic acids is 1.